The number of anilines is 1. The van der Waals surface area contributed by atoms with E-state index in [2.05, 4.69) is 15.0 Å². The molecule has 1 aromatic carbocycles. The number of alkyl halides is 1. The summed E-state index contributed by atoms with van der Waals surface area (Å²) in [5.41, 5.74) is 1.08. The number of sulfonamides is 1. The molecule has 0 saturated heterocycles. The standard InChI is InChI=1S/C12H15ClN4O2S/c1-10(8-13)9-20(18,19)15-11-4-2-3-5-12(11)17-7-6-14-16-17/h2-7,10,15H,8-9H2,1H3. The van der Waals surface area contributed by atoms with Crippen molar-refractivity contribution >= 4 is 27.3 Å². The van der Waals surface area contributed by atoms with Crippen molar-refractivity contribution in [3.8, 4) is 5.69 Å². The van der Waals surface area contributed by atoms with Crippen molar-refractivity contribution in [1.29, 1.82) is 0 Å². The summed E-state index contributed by atoms with van der Waals surface area (Å²) in [6.45, 7) is 1.79. The zero-order valence-corrected chi connectivity index (χ0v) is 12.5. The van der Waals surface area contributed by atoms with Gasteiger partial charge in [-0.05, 0) is 18.1 Å². The van der Waals surface area contributed by atoms with Crippen LogP contribution in [0.2, 0.25) is 0 Å². The van der Waals surface area contributed by atoms with Gasteiger partial charge >= 0.3 is 0 Å². The highest BCUT2D eigenvalue weighted by atomic mass is 35.5. The third kappa shape index (κ3) is 3.71. The number of nitrogens with one attached hydrogen (secondary N) is 1. The molecule has 2 rings (SSSR count). The van der Waals surface area contributed by atoms with E-state index in [0.29, 0.717) is 17.3 Å². The molecule has 0 spiro atoms. The number of nitrogens with zero attached hydrogens (tertiary/aromatic N) is 3. The first kappa shape index (κ1) is 14.8. The SMILES string of the molecule is CC(CCl)CS(=O)(=O)Nc1ccccc1-n1ccnn1. The van der Waals surface area contributed by atoms with Crippen LogP contribution in [0.25, 0.3) is 5.69 Å². The van der Waals surface area contributed by atoms with E-state index in [1.165, 1.54) is 10.9 Å². The van der Waals surface area contributed by atoms with Crippen LogP contribution in [0, 0.1) is 5.92 Å². The largest absolute Gasteiger partial charge is 0.281 e. The first-order valence-corrected chi connectivity index (χ1v) is 8.22. The monoisotopic (exact) mass is 314 g/mol. The van der Waals surface area contributed by atoms with E-state index in [9.17, 15) is 8.42 Å². The van der Waals surface area contributed by atoms with E-state index in [4.69, 9.17) is 11.6 Å². The Balaban J connectivity index is 2.26. The van der Waals surface area contributed by atoms with Crippen LogP contribution >= 0.6 is 11.6 Å². The quantitative estimate of drug-likeness (QED) is 0.826. The summed E-state index contributed by atoms with van der Waals surface area (Å²) in [5.74, 6) is 0.154. The van der Waals surface area contributed by atoms with Gasteiger partial charge in [0.25, 0.3) is 0 Å². The highest BCUT2D eigenvalue weighted by molar-refractivity contribution is 7.92. The molecular weight excluding hydrogens is 300 g/mol. The lowest BCUT2D eigenvalue weighted by Crippen LogP contribution is -2.22. The lowest BCUT2D eigenvalue weighted by molar-refractivity contribution is 0.588. The summed E-state index contributed by atoms with van der Waals surface area (Å²) in [6.07, 6.45) is 3.18. The molecule has 0 saturated carbocycles. The molecule has 6 nitrogen and oxygen atoms in total. The molecule has 0 bridgehead atoms. The molecule has 0 aliphatic heterocycles. The lowest BCUT2D eigenvalue weighted by Gasteiger charge is -2.14. The number of hydrogen-bond donors (Lipinski definition) is 1. The second-order valence-corrected chi connectivity index (χ2v) is 6.58. The van der Waals surface area contributed by atoms with Crippen LogP contribution in [-0.2, 0) is 10.0 Å². The van der Waals surface area contributed by atoms with Crippen molar-refractivity contribution in [2.45, 2.75) is 6.92 Å². The van der Waals surface area contributed by atoms with E-state index in [-0.39, 0.29) is 11.7 Å². The number of aromatic nitrogens is 3. The van der Waals surface area contributed by atoms with E-state index in [1.54, 1.807) is 37.4 Å². The molecule has 108 valence electrons. The van der Waals surface area contributed by atoms with Gasteiger partial charge in [0.05, 0.1) is 29.5 Å². The van der Waals surface area contributed by atoms with Crippen LogP contribution in [0.4, 0.5) is 5.69 Å². The Morgan fingerprint density at radius 3 is 2.80 bits per heavy atom. The van der Waals surface area contributed by atoms with Gasteiger partial charge in [-0.2, -0.15) is 0 Å². The molecule has 8 heteroatoms. The molecule has 1 N–H and O–H groups in total. The molecule has 0 amide bonds. The highest BCUT2D eigenvalue weighted by Crippen LogP contribution is 2.20. The first-order chi connectivity index (χ1) is 9.52. The molecule has 0 aliphatic carbocycles. The normalized spacial score (nSPS) is 13.1. The number of hydrogen-bond acceptors (Lipinski definition) is 4. The maximum absolute atomic E-state index is 12.1. The summed E-state index contributed by atoms with van der Waals surface area (Å²) in [5, 5.41) is 7.58. The first-order valence-electron chi connectivity index (χ1n) is 6.04. The minimum atomic E-state index is -3.46. The van der Waals surface area contributed by atoms with Crippen molar-refractivity contribution in [1.82, 2.24) is 15.0 Å². The fourth-order valence-electron chi connectivity index (χ4n) is 1.72. The Hall–Kier alpha value is -1.60. The predicted molar refractivity (Wildman–Crippen MR) is 78.7 cm³/mol. The summed E-state index contributed by atoms with van der Waals surface area (Å²) in [4.78, 5) is 0. The van der Waals surface area contributed by atoms with Gasteiger partial charge in [-0.1, -0.05) is 24.3 Å². The maximum atomic E-state index is 12.1. The Labute approximate surface area is 122 Å². The van der Waals surface area contributed by atoms with E-state index in [1.807, 2.05) is 0 Å². The van der Waals surface area contributed by atoms with Gasteiger partial charge in [-0.15, -0.1) is 16.7 Å². The van der Waals surface area contributed by atoms with Crippen LogP contribution in [0.3, 0.4) is 0 Å². The average molecular weight is 315 g/mol. The van der Waals surface area contributed by atoms with Crippen LogP contribution in [0.5, 0.6) is 0 Å². The second-order valence-electron chi connectivity index (χ2n) is 4.51. The summed E-state index contributed by atoms with van der Waals surface area (Å²) < 4.78 is 28.2. The van der Waals surface area contributed by atoms with E-state index < -0.39 is 10.0 Å². The molecule has 1 aromatic heterocycles. The van der Waals surface area contributed by atoms with Gasteiger partial charge in [-0.25, -0.2) is 13.1 Å². The third-order valence-corrected chi connectivity index (χ3v) is 4.67. The lowest BCUT2D eigenvalue weighted by atomic mass is 10.3. The second kappa shape index (κ2) is 6.23. The molecule has 0 fully saturated rings. The van der Waals surface area contributed by atoms with Crippen LogP contribution in [-0.4, -0.2) is 35.0 Å². The van der Waals surface area contributed by atoms with Crippen molar-refractivity contribution < 1.29 is 8.42 Å². The van der Waals surface area contributed by atoms with Gasteiger partial charge < -0.3 is 0 Å². The van der Waals surface area contributed by atoms with Gasteiger partial charge in [0.1, 0.15) is 0 Å². The Morgan fingerprint density at radius 2 is 2.15 bits per heavy atom. The Morgan fingerprint density at radius 1 is 1.40 bits per heavy atom. The van der Waals surface area contributed by atoms with Gasteiger partial charge in [0.15, 0.2) is 0 Å². The maximum Gasteiger partial charge on any atom is 0.233 e. The van der Waals surface area contributed by atoms with Crippen LogP contribution in [0.1, 0.15) is 6.92 Å². The van der Waals surface area contributed by atoms with Gasteiger partial charge in [0, 0.05) is 5.88 Å². The van der Waals surface area contributed by atoms with Crippen molar-refractivity contribution in [3.05, 3.63) is 36.7 Å². The fourth-order valence-corrected chi connectivity index (χ4v) is 3.42. The molecular formula is C12H15ClN4O2S. The number of benzene rings is 1. The summed E-state index contributed by atoms with van der Waals surface area (Å²) >= 11 is 5.66. The van der Waals surface area contributed by atoms with Crippen LogP contribution in [0.15, 0.2) is 36.7 Å². The third-order valence-electron chi connectivity index (χ3n) is 2.61. The Kier molecular flexibility index (Phi) is 4.61. The van der Waals surface area contributed by atoms with Gasteiger partial charge in [0.2, 0.25) is 10.0 Å². The zero-order valence-electron chi connectivity index (χ0n) is 10.9. The van der Waals surface area contributed by atoms with Crippen molar-refractivity contribution in [3.63, 3.8) is 0 Å². The average Bonchev–Trinajstić information content (AvgIpc) is 2.92. The van der Waals surface area contributed by atoms with Crippen LogP contribution < -0.4 is 4.72 Å². The molecule has 1 unspecified atom stereocenters. The highest BCUT2D eigenvalue weighted by Gasteiger charge is 2.17. The summed E-state index contributed by atoms with van der Waals surface area (Å²) in [6, 6.07) is 7.00. The summed E-state index contributed by atoms with van der Waals surface area (Å²) in [7, 11) is -3.46. The minimum absolute atomic E-state index is 0.0256. The fraction of sp³-hybridized carbons (Fsp3) is 0.333. The smallest absolute Gasteiger partial charge is 0.233 e. The molecule has 1 atom stereocenters. The van der Waals surface area contributed by atoms with E-state index >= 15 is 0 Å². The number of rotatable bonds is 6. The molecule has 2 aromatic rings. The Bertz CT molecular complexity index is 658. The number of halogens is 1. The van der Waals surface area contributed by atoms with Crippen molar-refractivity contribution in [2.24, 2.45) is 5.92 Å². The topological polar surface area (TPSA) is 76.9 Å². The minimum Gasteiger partial charge on any atom is -0.281 e. The van der Waals surface area contributed by atoms with Gasteiger partial charge in [-0.3, -0.25) is 4.72 Å². The number of para-hydroxylation sites is 2. The predicted octanol–water partition coefficient (Wildman–Crippen LogP) is 1.88. The van der Waals surface area contributed by atoms with E-state index in [0.717, 1.165) is 0 Å². The molecule has 1 heterocycles. The molecule has 0 radical (unpaired) electrons. The molecule has 20 heavy (non-hydrogen) atoms. The van der Waals surface area contributed by atoms with Crippen molar-refractivity contribution in [2.75, 3.05) is 16.4 Å². The molecule has 0 aliphatic rings. The zero-order chi connectivity index (χ0) is 14.6.